The number of benzene rings is 1. The van der Waals surface area contributed by atoms with Gasteiger partial charge in [0, 0.05) is 30.8 Å². The van der Waals surface area contributed by atoms with Gasteiger partial charge in [-0.3, -0.25) is 4.79 Å². The Balaban J connectivity index is 1.98. The van der Waals surface area contributed by atoms with Crippen molar-refractivity contribution in [3.8, 4) is 17.4 Å². The average molecular weight is 329 g/mol. The maximum absolute atomic E-state index is 11.8. The molecule has 6 heteroatoms. The van der Waals surface area contributed by atoms with Crippen molar-refractivity contribution in [2.75, 3.05) is 20.7 Å². The molecule has 2 rings (SSSR count). The van der Waals surface area contributed by atoms with E-state index in [-0.39, 0.29) is 5.91 Å². The van der Waals surface area contributed by atoms with Gasteiger partial charge >= 0.3 is 0 Å². The predicted octanol–water partition coefficient (Wildman–Crippen LogP) is 2.50. The first-order chi connectivity index (χ1) is 11.7. The Morgan fingerprint density at radius 2 is 2.04 bits per heavy atom. The minimum absolute atomic E-state index is 0.0152. The second-order valence-electron chi connectivity index (χ2n) is 5.23. The highest BCUT2D eigenvalue weighted by Crippen LogP contribution is 2.26. The van der Waals surface area contributed by atoms with Gasteiger partial charge in [0.05, 0.1) is 7.11 Å². The molecule has 6 nitrogen and oxygen atoms in total. The summed E-state index contributed by atoms with van der Waals surface area (Å²) >= 11 is 0. The molecule has 0 radical (unpaired) electrons. The van der Waals surface area contributed by atoms with Crippen LogP contribution in [0.1, 0.15) is 18.4 Å². The first-order valence-corrected chi connectivity index (χ1v) is 7.90. The maximum atomic E-state index is 11.8. The molecular weight excluding hydrogens is 306 g/mol. The largest absolute Gasteiger partial charge is 0.497 e. The molecule has 0 atom stereocenters. The van der Waals surface area contributed by atoms with Gasteiger partial charge in [0.2, 0.25) is 11.8 Å². The van der Waals surface area contributed by atoms with Crippen LogP contribution in [0.5, 0.6) is 17.4 Å². The standard InChI is InChI=1S/C18H23N3O3/c1-19-10-5-9-17(22)21-13-14-6-4-11-20-18(14)24-16-8-3-7-15(12-16)23-2/h3-4,6-8,11-12,19H,5,9-10,13H2,1-2H3,(H,21,22). The fourth-order valence-electron chi connectivity index (χ4n) is 2.13. The molecule has 0 unspecified atom stereocenters. The molecule has 1 heterocycles. The normalized spacial score (nSPS) is 10.2. The predicted molar refractivity (Wildman–Crippen MR) is 92.3 cm³/mol. The van der Waals surface area contributed by atoms with E-state index in [1.165, 1.54) is 0 Å². The SMILES string of the molecule is CNCCCC(=O)NCc1cccnc1Oc1cccc(OC)c1. The third kappa shape index (κ3) is 5.55. The van der Waals surface area contributed by atoms with E-state index in [1.54, 1.807) is 19.4 Å². The Bertz CT molecular complexity index is 661. The molecule has 1 aromatic heterocycles. The molecule has 0 saturated carbocycles. The topological polar surface area (TPSA) is 72.5 Å². The van der Waals surface area contributed by atoms with Crippen LogP contribution in [0.15, 0.2) is 42.6 Å². The lowest BCUT2D eigenvalue weighted by atomic mass is 10.2. The summed E-state index contributed by atoms with van der Waals surface area (Å²) < 4.78 is 11.0. The molecule has 0 aliphatic rings. The third-order valence-corrected chi connectivity index (χ3v) is 3.41. The first-order valence-electron chi connectivity index (χ1n) is 7.90. The van der Waals surface area contributed by atoms with E-state index >= 15 is 0 Å². The van der Waals surface area contributed by atoms with Crippen LogP contribution in [0, 0.1) is 0 Å². The van der Waals surface area contributed by atoms with Gasteiger partial charge in [-0.05, 0) is 38.2 Å². The summed E-state index contributed by atoms with van der Waals surface area (Å²) in [6, 6.07) is 11.0. The van der Waals surface area contributed by atoms with Crippen LogP contribution < -0.4 is 20.1 Å². The number of aromatic nitrogens is 1. The number of hydrogen-bond donors (Lipinski definition) is 2. The zero-order chi connectivity index (χ0) is 17.2. The number of hydrogen-bond acceptors (Lipinski definition) is 5. The third-order valence-electron chi connectivity index (χ3n) is 3.41. The molecule has 2 aromatic rings. The zero-order valence-electron chi connectivity index (χ0n) is 14.0. The summed E-state index contributed by atoms with van der Waals surface area (Å²) in [4.78, 5) is 16.1. The van der Waals surface area contributed by atoms with E-state index < -0.39 is 0 Å². The lowest BCUT2D eigenvalue weighted by Crippen LogP contribution is -2.24. The summed E-state index contributed by atoms with van der Waals surface area (Å²) in [6.45, 7) is 1.20. The molecule has 0 saturated heterocycles. The van der Waals surface area contributed by atoms with Crippen molar-refractivity contribution in [3.05, 3.63) is 48.2 Å². The maximum Gasteiger partial charge on any atom is 0.224 e. The fraction of sp³-hybridized carbons (Fsp3) is 0.333. The second kappa shape index (κ2) is 9.52. The molecule has 0 bridgehead atoms. The van der Waals surface area contributed by atoms with E-state index in [0.717, 1.165) is 18.5 Å². The van der Waals surface area contributed by atoms with Gasteiger partial charge in [0.15, 0.2) is 0 Å². The molecule has 128 valence electrons. The number of rotatable bonds is 9. The van der Waals surface area contributed by atoms with Crippen LogP contribution in [-0.2, 0) is 11.3 Å². The van der Waals surface area contributed by atoms with Gasteiger partial charge in [-0.2, -0.15) is 0 Å². The Morgan fingerprint density at radius 1 is 1.21 bits per heavy atom. The van der Waals surface area contributed by atoms with Gasteiger partial charge in [0.1, 0.15) is 11.5 Å². The van der Waals surface area contributed by atoms with Crippen LogP contribution in [0.4, 0.5) is 0 Å². The van der Waals surface area contributed by atoms with E-state index in [9.17, 15) is 4.79 Å². The Kier molecular flexibility index (Phi) is 7.04. The Morgan fingerprint density at radius 3 is 2.83 bits per heavy atom. The van der Waals surface area contributed by atoms with Crippen molar-refractivity contribution in [1.82, 2.24) is 15.6 Å². The van der Waals surface area contributed by atoms with Crippen molar-refractivity contribution >= 4 is 5.91 Å². The highest BCUT2D eigenvalue weighted by atomic mass is 16.5. The quantitative estimate of drug-likeness (QED) is 0.692. The monoisotopic (exact) mass is 329 g/mol. The number of ether oxygens (including phenoxy) is 2. The van der Waals surface area contributed by atoms with Gasteiger partial charge in [-0.15, -0.1) is 0 Å². The molecule has 24 heavy (non-hydrogen) atoms. The summed E-state index contributed by atoms with van der Waals surface area (Å²) in [5.74, 6) is 1.83. The molecule has 0 aliphatic heterocycles. The molecule has 1 amide bonds. The lowest BCUT2D eigenvalue weighted by molar-refractivity contribution is -0.121. The van der Waals surface area contributed by atoms with Gasteiger partial charge in [-0.25, -0.2) is 4.98 Å². The number of carbonyl (C=O) groups excluding carboxylic acids is 1. The molecule has 0 spiro atoms. The van der Waals surface area contributed by atoms with Crippen LogP contribution in [0.2, 0.25) is 0 Å². The van der Waals surface area contributed by atoms with Crippen molar-refractivity contribution in [2.45, 2.75) is 19.4 Å². The fourth-order valence-corrected chi connectivity index (χ4v) is 2.13. The highest BCUT2D eigenvalue weighted by Gasteiger charge is 2.08. The summed E-state index contributed by atoms with van der Waals surface area (Å²) in [7, 11) is 3.48. The molecule has 0 aliphatic carbocycles. The summed E-state index contributed by atoms with van der Waals surface area (Å²) in [5, 5.41) is 5.92. The average Bonchev–Trinajstić information content (AvgIpc) is 2.61. The minimum Gasteiger partial charge on any atom is -0.497 e. The van der Waals surface area contributed by atoms with Gasteiger partial charge in [0.25, 0.3) is 0 Å². The smallest absolute Gasteiger partial charge is 0.224 e. The highest BCUT2D eigenvalue weighted by molar-refractivity contribution is 5.75. The number of nitrogens with zero attached hydrogens (tertiary/aromatic N) is 1. The molecular formula is C18H23N3O3. The van der Waals surface area contributed by atoms with Crippen LogP contribution in [0.3, 0.4) is 0 Å². The van der Waals surface area contributed by atoms with Crippen LogP contribution >= 0.6 is 0 Å². The van der Waals surface area contributed by atoms with E-state index in [0.29, 0.717) is 30.3 Å². The minimum atomic E-state index is 0.0152. The first kappa shape index (κ1) is 17.7. The van der Waals surface area contributed by atoms with E-state index in [4.69, 9.17) is 9.47 Å². The van der Waals surface area contributed by atoms with E-state index in [2.05, 4.69) is 15.6 Å². The van der Waals surface area contributed by atoms with Crippen molar-refractivity contribution < 1.29 is 14.3 Å². The van der Waals surface area contributed by atoms with Crippen molar-refractivity contribution in [1.29, 1.82) is 0 Å². The second-order valence-corrected chi connectivity index (χ2v) is 5.23. The molecule has 1 aromatic carbocycles. The number of amides is 1. The Hall–Kier alpha value is -2.60. The number of carbonyl (C=O) groups is 1. The van der Waals surface area contributed by atoms with Crippen molar-refractivity contribution in [3.63, 3.8) is 0 Å². The van der Waals surface area contributed by atoms with Gasteiger partial charge in [-0.1, -0.05) is 12.1 Å². The zero-order valence-corrected chi connectivity index (χ0v) is 14.0. The van der Waals surface area contributed by atoms with Crippen LogP contribution in [0.25, 0.3) is 0 Å². The molecule has 2 N–H and O–H groups in total. The Labute approximate surface area is 142 Å². The van der Waals surface area contributed by atoms with Crippen LogP contribution in [-0.4, -0.2) is 31.6 Å². The van der Waals surface area contributed by atoms with Crippen molar-refractivity contribution in [2.24, 2.45) is 0 Å². The summed E-state index contributed by atoms with van der Waals surface area (Å²) in [5.41, 5.74) is 0.822. The summed E-state index contributed by atoms with van der Waals surface area (Å²) in [6.07, 6.45) is 2.96. The lowest BCUT2D eigenvalue weighted by Gasteiger charge is -2.11. The molecule has 0 fully saturated rings. The number of pyridine rings is 1. The number of nitrogens with one attached hydrogen (secondary N) is 2. The van der Waals surface area contributed by atoms with E-state index in [1.807, 2.05) is 37.4 Å². The van der Waals surface area contributed by atoms with Gasteiger partial charge < -0.3 is 20.1 Å². The number of methoxy groups -OCH3 is 1.